The smallest absolute Gasteiger partial charge is 0.321 e. The van der Waals surface area contributed by atoms with Gasteiger partial charge in [0, 0.05) is 24.0 Å². The van der Waals surface area contributed by atoms with Crippen molar-refractivity contribution in [3.63, 3.8) is 0 Å². The van der Waals surface area contributed by atoms with E-state index in [2.05, 4.69) is 5.32 Å². The highest BCUT2D eigenvalue weighted by Gasteiger charge is 2.37. The van der Waals surface area contributed by atoms with Gasteiger partial charge in [0.15, 0.2) is 6.61 Å². The third-order valence-electron chi connectivity index (χ3n) is 3.91. The summed E-state index contributed by atoms with van der Waals surface area (Å²) < 4.78 is 10.2. The van der Waals surface area contributed by atoms with Gasteiger partial charge >= 0.3 is 12.0 Å². The summed E-state index contributed by atoms with van der Waals surface area (Å²) in [6.45, 7) is 2.93. The molecule has 1 heterocycles. The van der Waals surface area contributed by atoms with Crippen LogP contribution in [0.25, 0.3) is 0 Å². The SMILES string of the molecule is COc1ccc(Cl)cc1N1C[C@H](C(=O)OCC(=O)NC(=O)NC(C)C)CC1=O. The van der Waals surface area contributed by atoms with E-state index >= 15 is 0 Å². The van der Waals surface area contributed by atoms with Gasteiger partial charge in [0.05, 0.1) is 18.7 Å². The number of nitrogens with zero attached hydrogens (tertiary/aromatic N) is 1. The number of benzene rings is 1. The first-order valence-corrected chi connectivity index (χ1v) is 9.00. The van der Waals surface area contributed by atoms with Gasteiger partial charge in [0.2, 0.25) is 5.91 Å². The zero-order valence-electron chi connectivity index (χ0n) is 15.8. The van der Waals surface area contributed by atoms with Crippen LogP contribution in [0.4, 0.5) is 10.5 Å². The first-order valence-electron chi connectivity index (χ1n) is 8.62. The maximum atomic E-state index is 12.3. The molecule has 1 fully saturated rings. The van der Waals surface area contributed by atoms with Crippen LogP contribution in [-0.2, 0) is 19.1 Å². The number of hydrogen-bond acceptors (Lipinski definition) is 6. The van der Waals surface area contributed by atoms with Gasteiger partial charge in [-0.15, -0.1) is 0 Å². The normalized spacial score (nSPS) is 16.1. The van der Waals surface area contributed by atoms with Crippen molar-refractivity contribution in [2.24, 2.45) is 5.92 Å². The number of carbonyl (C=O) groups is 4. The quantitative estimate of drug-likeness (QED) is 0.685. The molecule has 0 saturated carbocycles. The summed E-state index contributed by atoms with van der Waals surface area (Å²) in [5.74, 6) is -2.04. The van der Waals surface area contributed by atoms with Crippen LogP contribution in [0.15, 0.2) is 18.2 Å². The van der Waals surface area contributed by atoms with Crippen LogP contribution < -0.4 is 20.3 Å². The lowest BCUT2D eigenvalue weighted by atomic mass is 10.1. The standard InChI is InChI=1S/C18H22ClN3O6/c1-10(2)20-18(26)21-15(23)9-28-17(25)11-6-16(24)22(8-11)13-7-12(19)4-5-14(13)27-3/h4-5,7,10-11H,6,8-9H2,1-3H3,(H2,20,21,23,26)/t11-/m1/s1. The molecular weight excluding hydrogens is 390 g/mol. The maximum Gasteiger partial charge on any atom is 0.321 e. The monoisotopic (exact) mass is 411 g/mol. The number of imide groups is 1. The molecule has 9 nitrogen and oxygen atoms in total. The van der Waals surface area contributed by atoms with E-state index in [0.717, 1.165) is 0 Å². The summed E-state index contributed by atoms with van der Waals surface area (Å²) in [6.07, 6.45) is -0.0655. The molecule has 1 aromatic rings. The summed E-state index contributed by atoms with van der Waals surface area (Å²) in [4.78, 5) is 49.1. The molecule has 2 rings (SSSR count). The second-order valence-electron chi connectivity index (χ2n) is 6.51. The lowest BCUT2D eigenvalue weighted by Crippen LogP contribution is -2.44. The largest absolute Gasteiger partial charge is 0.495 e. The van der Waals surface area contributed by atoms with Crippen molar-refractivity contribution in [1.82, 2.24) is 10.6 Å². The van der Waals surface area contributed by atoms with Crippen LogP contribution in [0.3, 0.4) is 0 Å². The molecule has 152 valence electrons. The van der Waals surface area contributed by atoms with E-state index in [1.54, 1.807) is 32.0 Å². The van der Waals surface area contributed by atoms with Gasteiger partial charge in [-0.2, -0.15) is 0 Å². The highest BCUT2D eigenvalue weighted by molar-refractivity contribution is 6.31. The second kappa shape index (κ2) is 9.41. The Labute approximate surface area is 167 Å². The summed E-state index contributed by atoms with van der Waals surface area (Å²) in [7, 11) is 1.47. The minimum absolute atomic E-state index is 0.0655. The molecule has 1 aliphatic heterocycles. The van der Waals surface area contributed by atoms with E-state index in [9.17, 15) is 19.2 Å². The van der Waals surface area contributed by atoms with Crippen LogP contribution in [0, 0.1) is 5.92 Å². The van der Waals surface area contributed by atoms with Crippen molar-refractivity contribution >= 4 is 41.1 Å². The van der Waals surface area contributed by atoms with Crippen molar-refractivity contribution in [2.75, 3.05) is 25.2 Å². The number of halogens is 1. The zero-order valence-corrected chi connectivity index (χ0v) is 16.5. The van der Waals surface area contributed by atoms with Gasteiger partial charge in [0.25, 0.3) is 5.91 Å². The van der Waals surface area contributed by atoms with Crippen molar-refractivity contribution < 1.29 is 28.7 Å². The highest BCUT2D eigenvalue weighted by atomic mass is 35.5. The molecule has 1 atom stereocenters. The lowest BCUT2D eigenvalue weighted by Gasteiger charge is -2.19. The Morgan fingerprint density at radius 1 is 1.32 bits per heavy atom. The molecule has 0 bridgehead atoms. The molecule has 2 N–H and O–H groups in total. The molecule has 0 unspecified atom stereocenters. The Morgan fingerprint density at radius 3 is 2.68 bits per heavy atom. The van der Waals surface area contributed by atoms with Crippen LogP contribution in [0.1, 0.15) is 20.3 Å². The predicted molar refractivity (Wildman–Crippen MR) is 101 cm³/mol. The zero-order chi connectivity index (χ0) is 20.8. The van der Waals surface area contributed by atoms with Gasteiger partial charge < -0.3 is 19.7 Å². The van der Waals surface area contributed by atoms with Gasteiger partial charge in [-0.05, 0) is 32.0 Å². The number of rotatable bonds is 6. The van der Waals surface area contributed by atoms with Gasteiger partial charge in [-0.25, -0.2) is 4.79 Å². The van der Waals surface area contributed by atoms with E-state index in [1.165, 1.54) is 12.0 Å². The van der Waals surface area contributed by atoms with Crippen LogP contribution in [0.2, 0.25) is 5.02 Å². The summed E-state index contributed by atoms with van der Waals surface area (Å²) in [5, 5.41) is 4.95. The molecule has 1 saturated heterocycles. The van der Waals surface area contributed by atoms with Crippen LogP contribution in [-0.4, -0.2) is 50.1 Å². The average molecular weight is 412 g/mol. The minimum atomic E-state index is -0.760. The Bertz CT molecular complexity index is 783. The Balaban J connectivity index is 1.93. The summed E-state index contributed by atoms with van der Waals surface area (Å²) in [6, 6.07) is 4.01. The molecular formula is C18H22ClN3O6. The molecule has 0 aromatic heterocycles. The number of nitrogens with one attached hydrogen (secondary N) is 2. The van der Waals surface area contributed by atoms with Gasteiger partial charge in [0.1, 0.15) is 5.75 Å². The fourth-order valence-electron chi connectivity index (χ4n) is 2.69. The molecule has 0 spiro atoms. The van der Waals surface area contributed by atoms with Crippen molar-refractivity contribution in [3.8, 4) is 5.75 Å². The average Bonchev–Trinajstić information content (AvgIpc) is 3.00. The number of anilines is 1. The number of carbonyl (C=O) groups excluding carboxylic acids is 4. The van der Waals surface area contributed by atoms with E-state index < -0.39 is 30.4 Å². The van der Waals surface area contributed by atoms with Gasteiger partial charge in [-0.1, -0.05) is 11.6 Å². The lowest BCUT2D eigenvalue weighted by molar-refractivity contribution is -0.152. The predicted octanol–water partition coefficient (Wildman–Crippen LogP) is 1.48. The van der Waals surface area contributed by atoms with E-state index in [1.807, 2.05) is 5.32 Å². The second-order valence-corrected chi connectivity index (χ2v) is 6.94. The summed E-state index contributed by atoms with van der Waals surface area (Å²) >= 11 is 5.99. The van der Waals surface area contributed by atoms with Gasteiger partial charge in [-0.3, -0.25) is 19.7 Å². The number of esters is 1. The molecule has 1 aliphatic rings. The molecule has 0 radical (unpaired) electrons. The van der Waals surface area contributed by atoms with Crippen molar-refractivity contribution in [2.45, 2.75) is 26.3 Å². The van der Waals surface area contributed by atoms with Crippen LogP contribution in [0.5, 0.6) is 5.75 Å². The number of amides is 4. The molecule has 10 heteroatoms. The van der Waals surface area contributed by atoms with E-state index in [0.29, 0.717) is 16.5 Å². The molecule has 1 aromatic carbocycles. The number of methoxy groups -OCH3 is 1. The van der Waals surface area contributed by atoms with Crippen LogP contribution >= 0.6 is 11.6 Å². The molecule has 4 amide bonds. The molecule has 28 heavy (non-hydrogen) atoms. The van der Waals surface area contributed by atoms with E-state index in [-0.39, 0.29) is 24.9 Å². The fourth-order valence-corrected chi connectivity index (χ4v) is 2.85. The molecule has 0 aliphatic carbocycles. The third kappa shape index (κ3) is 5.59. The third-order valence-corrected chi connectivity index (χ3v) is 4.14. The topological polar surface area (TPSA) is 114 Å². The number of hydrogen-bond donors (Lipinski definition) is 2. The van der Waals surface area contributed by atoms with Crippen molar-refractivity contribution in [1.29, 1.82) is 0 Å². The fraction of sp³-hybridized carbons (Fsp3) is 0.444. The Hall–Kier alpha value is -2.81. The number of urea groups is 1. The Morgan fingerprint density at radius 2 is 2.04 bits per heavy atom. The minimum Gasteiger partial charge on any atom is -0.495 e. The summed E-state index contributed by atoms with van der Waals surface area (Å²) in [5.41, 5.74) is 0.457. The number of ether oxygens (including phenoxy) is 2. The maximum absolute atomic E-state index is 12.3. The first-order chi connectivity index (χ1) is 13.2. The highest BCUT2D eigenvalue weighted by Crippen LogP contribution is 2.35. The van der Waals surface area contributed by atoms with Crippen molar-refractivity contribution in [3.05, 3.63) is 23.2 Å². The first kappa shape index (κ1) is 21.5. The van der Waals surface area contributed by atoms with E-state index in [4.69, 9.17) is 21.1 Å². The Kier molecular flexibility index (Phi) is 7.22.